The lowest BCUT2D eigenvalue weighted by Gasteiger charge is -2.41. The number of ether oxygens (including phenoxy) is 6. The second-order valence-electron chi connectivity index (χ2n) is 2.93. The van der Waals surface area contributed by atoms with Crippen molar-refractivity contribution in [1.82, 2.24) is 0 Å². The van der Waals surface area contributed by atoms with Gasteiger partial charge in [0.25, 0.3) is 0 Å². The summed E-state index contributed by atoms with van der Waals surface area (Å²) in [7, 11) is 0.714. The highest BCUT2D eigenvalue weighted by Gasteiger charge is 2.67. The first-order valence-corrected chi connectivity index (χ1v) is 5.12. The number of carbonyl (C=O) groups excluding carboxylic acids is 1. The van der Waals surface area contributed by atoms with E-state index in [-0.39, 0.29) is 0 Å². The van der Waals surface area contributed by atoms with Gasteiger partial charge in [-0.1, -0.05) is 0 Å². The topological polar surface area (TPSA) is 72.5 Å². The molecule has 0 radical (unpaired) electrons. The third kappa shape index (κ3) is 4.20. The minimum Gasteiger partial charge on any atom is -0.465 e. The van der Waals surface area contributed by atoms with Gasteiger partial charge in [0, 0.05) is 0 Å². The lowest BCUT2D eigenvalue weighted by molar-refractivity contribution is -0.504. The van der Waals surface area contributed by atoms with E-state index in [2.05, 4.69) is 28.4 Å². The van der Waals surface area contributed by atoms with E-state index >= 15 is 0 Å². The van der Waals surface area contributed by atoms with Crippen molar-refractivity contribution in [3.05, 3.63) is 0 Å². The highest BCUT2D eigenvalue weighted by Crippen LogP contribution is 2.36. The fourth-order valence-corrected chi connectivity index (χ4v) is 1.37. The second kappa shape index (κ2) is 9.78. The Balaban J connectivity index is 5.96. The minimum absolute atomic E-state index is 0.714. The first-order chi connectivity index (χ1) is 10.0. The van der Waals surface area contributed by atoms with E-state index in [4.69, 9.17) is 0 Å². The number of methoxy groups -OCH3 is 1. The molecule has 0 aliphatic heterocycles. The van der Waals surface area contributed by atoms with Crippen molar-refractivity contribution >= 4 is 5.97 Å². The Morgan fingerprint density at radius 3 is 1.33 bits per heavy atom. The molecule has 7 nitrogen and oxygen atoms in total. The van der Waals surface area contributed by atoms with Crippen LogP contribution in [0.25, 0.3) is 0 Å². The number of esters is 1. The molecule has 0 fully saturated rings. The first-order valence-electron chi connectivity index (χ1n) is 5.12. The molecule has 0 aliphatic carbocycles. The standard InChI is InChI=1S/C9H13F5O7/c1-16-7(15)8(17-2-10,18-3-11)9(19-4-12,20-5-13)21-6-14/h2-6H2,1H3. The molecule has 0 unspecified atom stereocenters. The fourth-order valence-electron chi connectivity index (χ4n) is 1.37. The monoisotopic (exact) mass is 328 g/mol. The van der Waals surface area contributed by atoms with Gasteiger partial charge in [-0.25, -0.2) is 26.7 Å². The Bertz CT molecular complexity index is 283. The summed E-state index contributed by atoms with van der Waals surface area (Å²) in [6.07, 6.45) is 0. The van der Waals surface area contributed by atoms with Crippen LogP contribution in [0.2, 0.25) is 0 Å². The third-order valence-electron chi connectivity index (χ3n) is 2.11. The molecule has 126 valence electrons. The zero-order valence-electron chi connectivity index (χ0n) is 10.8. The van der Waals surface area contributed by atoms with E-state index < -0.39 is 52.0 Å². The molecule has 0 atom stereocenters. The van der Waals surface area contributed by atoms with Crippen molar-refractivity contribution in [2.24, 2.45) is 0 Å². The van der Waals surface area contributed by atoms with Gasteiger partial charge in [0.15, 0.2) is 34.3 Å². The predicted molar refractivity (Wildman–Crippen MR) is 52.8 cm³/mol. The number of rotatable bonds is 12. The van der Waals surface area contributed by atoms with Crippen molar-refractivity contribution in [2.45, 2.75) is 11.8 Å². The number of hydrogen-bond acceptors (Lipinski definition) is 7. The predicted octanol–water partition coefficient (Wildman–Crippen LogP) is 1.23. The fraction of sp³-hybridized carbons (Fsp3) is 0.889. The van der Waals surface area contributed by atoms with Crippen LogP contribution in [0, 0.1) is 0 Å². The van der Waals surface area contributed by atoms with Crippen LogP contribution in [0.1, 0.15) is 0 Å². The average molecular weight is 328 g/mol. The summed E-state index contributed by atoms with van der Waals surface area (Å²) in [6.45, 7) is -9.23. The van der Waals surface area contributed by atoms with Crippen LogP contribution in [0.15, 0.2) is 0 Å². The molecule has 0 heterocycles. The van der Waals surface area contributed by atoms with Gasteiger partial charge in [0.05, 0.1) is 7.11 Å². The van der Waals surface area contributed by atoms with Gasteiger partial charge < -0.3 is 14.2 Å². The van der Waals surface area contributed by atoms with E-state index in [0.717, 1.165) is 0 Å². The summed E-state index contributed by atoms with van der Waals surface area (Å²) in [6, 6.07) is 0. The maximum atomic E-state index is 12.5. The van der Waals surface area contributed by atoms with Crippen molar-refractivity contribution in [3.63, 3.8) is 0 Å². The summed E-state index contributed by atoms with van der Waals surface area (Å²) in [4.78, 5) is 11.7. The molecule has 0 N–H and O–H groups in total. The Morgan fingerprint density at radius 2 is 1.10 bits per heavy atom. The molecule has 0 aromatic rings. The quantitative estimate of drug-likeness (QED) is 0.303. The molecular weight excluding hydrogens is 315 g/mol. The van der Waals surface area contributed by atoms with Gasteiger partial charge in [-0.05, 0) is 0 Å². The average Bonchev–Trinajstić information content (AvgIpc) is 2.46. The van der Waals surface area contributed by atoms with Crippen LogP contribution in [0.5, 0.6) is 0 Å². The molecule has 0 saturated carbocycles. The number of carbonyl (C=O) groups is 1. The number of halogens is 5. The van der Waals surface area contributed by atoms with Crippen molar-refractivity contribution < 1.29 is 55.2 Å². The SMILES string of the molecule is COC(=O)C(OCF)(OCF)C(OCF)(OCF)OCF. The second-order valence-corrected chi connectivity index (χ2v) is 2.93. The molecule has 21 heavy (non-hydrogen) atoms. The molecule has 0 spiro atoms. The summed E-state index contributed by atoms with van der Waals surface area (Å²) in [5, 5.41) is 0. The zero-order valence-corrected chi connectivity index (χ0v) is 10.8. The minimum atomic E-state index is -3.43. The summed E-state index contributed by atoms with van der Waals surface area (Å²) in [5.74, 6) is -8.61. The first kappa shape index (κ1) is 19.9. The molecule has 0 rings (SSSR count). The largest absolute Gasteiger partial charge is 0.465 e. The Kier molecular flexibility index (Phi) is 9.28. The maximum absolute atomic E-state index is 12.5. The van der Waals surface area contributed by atoms with Gasteiger partial charge in [0.2, 0.25) is 0 Å². The molecule has 0 amide bonds. The van der Waals surface area contributed by atoms with E-state index in [1.165, 1.54) is 0 Å². The van der Waals surface area contributed by atoms with Gasteiger partial charge in [0.1, 0.15) is 0 Å². The Morgan fingerprint density at radius 1 is 0.762 bits per heavy atom. The van der Waals surface area contributed by atoms with Gasteiger partial charge in [-0.2, -0.15) is 0 Å². The van der Waals surface area contributed by atoms with Crippen molar-refractivity contribution in [2.75, 3.05) is 41.4 Å². The highest BCUT2D eigenvalue weighted by molar-refractivity contribution is 5.79. The van der Waals surface area contributed by atoms with Crippen LogP contribution in [0.3, 0.4) is 0 Å². The third-order valence-corrected chi connectivity index (χ3v) is 2.11. The van der Waals surface area contributed by atoms with E-state index in [1.54, 1.807) is 0 Å². The summed E-state index contributed by atoms with van der Waals surface area (Å²) in [5.41, 5.74) is 0. The lowest BCUT2D eigenvalue weighted by atomic mass is 10.2. The number of hydrogen-bond donors (Lipinski definition) is 0. The Labute approximate surface area is 115 Å². The molecule has 0 bridgehead atoms. The molecule has 0 aromatic heterocycles. The van der Waals surface area contributed by atoms with Crippen molar-refractivity contribution in [1.29, 1.82) is 0 Å². The zero-order chi connectivity index (χ0) is 16.4. The van der Waals surface area contributed by atoms with Crippen molar-refractivity contribution in [3.8, 4) is 0 Å². The van der Waals surface area contributed by atoms with Gasteiger partial charge in [-0.15, -0.1) is 0 Å². The molecule has 12 heteroatoms. The van der Waals surface area contributed by atoms with E-state index in [0.29, 0.717) is 7.11 Å². The molecule has 0 aliphatic rings. The molecule has 0 aromatic carbocycles. The lowest BCUT2D eigenvalue weighted by Crippen LogP contribution is -2.67. The van der Waals surface area contributed by atoms with Gasteiger partial charge in [-0.3, -0.25) is 14.2 Å². The smallest absolute Gasteiger partial charge is 0.375 e. The van der Waals surface area contributed by atoms with Gasteiger partial charge >= 0.3 is 17.7 Å². The Hall–Kier alpha value is -1.08. The maximum Gasteiger partial charge on any atom is 0.375 e. The van der Waals surface area contributed by atoms with Crippen LogP contribution in [-0.4, -0.2) is 59.1 Å². The van der Waals surface area contributed by atoms with Crippen LogP contribution in [-0.2, 0) is 33.2 Å². The molecule has 0 saturated heterocycles. The number of alkyl halides is 5. The van der Waals surface area contributed by atoms with Crippen LogP contribution in [0.4, 0.5) is 22.0 Å². The highest BCUT2D eigenvalue weighted by atomic mass is 19.2. The summed E-state index contributed by atoms with van der Waals surface area (Å²) >= 11 is 0. The normalized spacial score (nSPS) is 12.5. The van der Waals surface area contributed by atoms with Crippen LogP contribution >= 0.6 is 0 Å². The summed E-state index contributed by atoms with van der Waals surface area (Å²) < 4.78 is 87.1. The molecular formula is C9H13F5O7. The van der Waals surface area contributed by atoms with E-state index in [1.807, 2.05) is 0 Å². The van der Waals surface area contributed by atoms with E-state index in [9.17, 15) is 26.7 Å². The van der Waals surface area contributed by atoms with Crippen LogP contribution < -0.4 is 0 Å².